The standard InChI is InChI=1S/C14H17N3/c1-11-10-13(16-15-11)12-6-2-3-7-14(12)17-8-4-5-9-17/h2-3,6-7,10H,4-5,8-9H2,1H3,(H,15,16). The highest BCUT2D eigenvalue weighted by molar-refractivity contribution is 5.76. The molecule has 0 saturated carbocycles. The van der Waals surface area contributed by atoms with Crippen LogP contribution in [0.15, 0.2) is 30.3 Å². The zero-order valence-electron chi connectivity index (χ0n) is 10.1. The van der Waals surface area contributed by atoms with Crippen LogP contribution in [0.5, 0.6) is 0 Å². The Morgan fingerprint density at radius 3 is 2.65 bits per heavy atom. The summed E-state index contributed by atoms with van der Waals surface area (Å²) in [7, 11) is 0. The molecule has 2 aromatic rings. The number of nitrogens with zero attached hydrogens (tertiary/aromatic N) is 2. The van der Waals surface area contributed by atoms with Crippen molar-refractivity contribution in [3.05, 3.63) is 36.0 Å². The van der Waals surface area contributed by atoms with Crippen molar-refractivity contribution < 1.29 is 0 Å². The lowest BCUT2D eigenvalue weighted by atomic mass is 10.1. The number of aryl methyl sites for hydroxylation is 1. The zero-order chi connectivity index (χ0) is 11.7. The Hall–Kier alpha value is -1.77. The normalized spacial score (nSPS) is 15.5. The average Bonchev–Trinajstić information content (AvgIpc) is 3.00. The highest BCUT2D eigenvalue weighted by Crippen LogP contribution is 2.31. The molecule has 1 fully saturated rings. The SMILES string of the molecule is Cc1cc(-c2ccccc2N2CCCC2)n[nH]1. The lowest BCUT2D eigenvalue weighted by molar-refractivity contribution is 0.949. The second-order valence-electron chi connectivity index (χ2n) is 4.65. The van der Waals surface area contributed by atoms with E-state index in [-0.39, 0.29) is 0 Å². The summed E-state index contributed by atoms with van der Waals surface area (Å²) in [6, 6.07) is 10.7. The van der Waals surface area contributed by atoms with Crippen molar-refractivity contribution in [2.24, 2.45) is 0 Å². The number of aromatic amines is 1. The van der Waals surface area contributed by atoms with Gasteiger partial charge in [-0.3, -0.25) is 5.10 Å². The molecule has 0 bridgehead atoms. The Balaban J connectivity index is 2.03. The van der Waals surface area contributed by atoms with E-state index in [9.17, 15) is 0 Å². The highest BCUT2D eigenvalue weighted by Gasteiger charge is 2.16. The fraction of sp³-hybridized carbons (Fsp3) is 0.357. The predicted octanol–water partition coefficient (Wildman–Crippen LogP) is 2.99. The van der Waals surface area contributed by atoms with Crippen LogP contribution in [-0.2, 0) is 0 Å². The molecule has 0 radical (unpaired) electrons. The molecular formula is C14H17N3. The van der Waals surface area contributed by atoms with Gasteiger partial charge in [-0.05, 0) is 31.9 Å². The van der Waals surface area contributed by atoms with Gasteiger partial charge in [0.1, 0.15) is 0 Å². The van der Waals surface area contributed by atoms with Gasteiger partial charge < -0.3 is 4.90 Å². The van der Waals surface area contributed by atoms with Crippen LogP contribution in [0.25, 0.3) is 11.3 Å². The first-order valence-corrected chi connectivity index (χ1v) is 6.21. The molecule has 0 unspecified atom stereocenters. The number of hydrogen-bond acceptors (Lipinski definition) is 2. The summed E-state index contributed by atoms with van der Waals surface area (Å²) in [6.07, 6.45) is 2.60. The van der Waals surface area contributed by atoms with Crippen LogP contribution in [0.2, 0.25) is 0 Å². The van der Waals surface area contributed by atoms with E-state index in [2.05, 4.69) is 45.4 Å². The van der Waals surface area contributed by atoms with Crippen LogP contribution in [0.4, 0.5) is 5.69 Å². The summed E-state index contributed by atoms with van der Waals surface area (Å²) >= 11 is 0. The molecule has 1 saturated heterocycles. The van der Waals surface area contributed by atoms with Gasteiger partial charge in [0.05, 0.1) is 5.69 Å². The van der Waals surface area contributed by atoms with Crippen molar-refractivity contribution >= 4 is 5.69 Å². The van der Waals surface area contributed by atoms with Gasteiger partial charge in [-0.25, -0.2) is 0 Å². The van der Waals surface area contributed by atoms with E-state index in [0.29, 0.717) is 0 Å². The molecule has 3 heteroatoms. The molecule has 0 atom stereocenters. The van der Waals surface area contributed by atoms with Crippen molar-refractivity contribution in [3.63, 3.8) is 0 Å². The Labute approximate surface area is 101 Å². The van der Waals surface area contributed by atoms with E-state index in [1.165, 1.54) is 37.2 Å². The third kappa shape index (κ3) is 1.93. The summed E-state index contributed by atoms with van der Waals surface area (Å²) in [4.78, 5) is 2.46. The van der Waals surface area contributed by atoms with E-state index in [4.69, 9.17) is 0 Å². The monoisotopic (exact) mass is 227 g/mol. The number of benzene rings is 1. The molecule has 1 aliphatic heterocycles. The molecule has 1 aliphatic rings. The van der Waals surface area contributed by atoms with Gasteiger partial charge in [-0.15, -0.1) is 0 Å². The smallest absolute Gasteiger partial charge is 0.0944 e. The average molecular weight is 227 g/mol. The second kappa shape index (κ2) is 4.24. The van der Waals surface area contributed by atoms with Gasteiger partial charge in [-0.1, -0.05) is 18.2 Å². The van der Waals surface area contributed by atoms with E-state index in [1.807, 2.05) is 6.92 Å². The maximum atomic E-state index is 4.37. The molecule has 3 rings (SSSR count). The molecule has 0 amide bonds. The summed E-state index contributed by atoms with van der Waals surface area (Å²) < 4.78 is 0. The van der Waals surface area contributed by atoms with E-state index < -0.39 is 0 Å². The molecule has 88 valence electrons. The molecule has 1 aromatic heterocycles. The minimum atomic E-state index is 1.05. The summed E-state index contributed by atoms with van der Waals surface area (Å²) in [6.45, 7) is 4.37. The Morgan fingerprint density at radius 2 is 1.94 bits per heavy atom. The third-order valence-corrected chi connectivity index (χ3v) is 3.33. The Bertz CT molecular complexity index is 510. The van der Waals surface area contributed by atoms with Crippen molar-refractivity contribution in [3.8, 4) is 11.3 Å². The first kappa shape index (κ1) is 10.4. The van der Waals surface area contributed by atoms with Crippen molar-refractivity contribution in [2.45, 2.75) is 19.8 Å². The first-order valence-electron chi connectivity index (χ1n) is 6.21. The lowest BCUT2D eigenvalue weighted by Gasteiger charge is -2.20. The molecule has 0 spiro atoms. The van der Waals surface area contributed by atoms with E-state index >= 15 is 0 Å². The second-order valence-corrected chi connectivity index (χ2v) is 4.65. The minimum Gasteiger partial charge on any atom is -0.371 e. The van der Waals surface area contributed by atoms with Gasteiger partial charge in [0, 0.05) is 30.0 Å². The minimum absolute atomic E-state index is 1.05. The summed E-state index contributed by atoms with van der Waals surface area (Å²) in [5.74, 6) is 0. The number of aromatic nitrogens is 2. The topological polar surface area (TPSA) is 31.9 Å². The summed E-state index contributed by atoms with van der Waals surface area (Å²) in [5, 5.41) is 7.38. The largest absolute Gasteiger partial charge is 0.371 e. The van der Waals surface area contributed by atoms with Crippen LogP contribution in [-0.4, -0.2) is 23.3 Å². The maximum absolute atomic E-state index is 4.37. The zero-order valence-corrected chi connectivity index (χ0v) is 10.1. The Morgan fingerprint density at radius 1 is 1.18 bits per heavy atom. The van der Waals surface area contributed by atoms with Gasteiger partial charge in [-0.2, -0.15) is 5.10 Å². The van der Waals surface area contributed by atoms with Crippen molar-refractivity contribution in [1.82, 2.24) is 10.2 Å². The fourth-order valence-corrected chi connectivity index (χ4v) is 2.48. The van der Waals surface area contributed by atoms with Gasteiger partial charge in [0.15, 0.2) is 0 Å². The number of rotatable bonds is 2. The summed E-state index contributed by atoms with van der Waals surface area (Å²) in [5.41, 5.74) is 4.71. The van der Waals surface area contributed by atoms with Crippen LogP contribution in [0, 0.1) is 6.92 Å². The molecule has 2 heterocycles. The quantitative estimate of drug-likeness (QED) is 0.855. The van der Waals surface area contributed by atoms with Crippen LogP contribution in [0.3, 0.4) is 0 Å². The third-order valence-electron chi connectivity index (χ3n) is 3.33. The maximum Gasteiger partial charge on any atom is 0.0944 e. The number of hydrogen-bond donors (Lipinski definition) is 1. The van der Waals surface area contributed by atoms with Gasteiger partial charge >= 0.3 is 0 Å². The molecule has 0 aliphatic carbocycles. The molecular weight excluding hydrogens is 210 g/mol. The predicted molar refractivity (Wildman–Crippen MR) is 70.2 cm³/mol. The van der Waals surface area contributed by atoms with Crippen LogP contribution in [0.1, 0.15) is 18.5 Å². The van der Waals surface area contributed by atoms with Crippen LogP contribution >= 0.6 is 0 Å². The molecule has 1 aromatic carbocycles. The molecule has 1 N–H and O–H groups in total. The van der Waals surface area contributed by atoms with Gasteiger partial charge in [0.25, 0.3) is 0 Å². The number of para-hydroxylation sites is 1. The fourth-order valence-electron chi connectivity index (χ4n) is 2.48. The number of H-pyrrole nitrogens is 1. The highest BCUT2D eigenvalue weighted by atomic mass is 15.2. The first-order chi connectivity index (χ1) is 8.34. The van der Waals surface area contributed by atoms with Gasteiger partial charge in [0.2, 0.25) is 0 Å². The number of anilines is 1. The van der Waals surface area contributed by atoms with Crippen LogP contribution < -0.4 is 4.90 Å². The number of nitrogens with one attached hydrogen (secondary N) is 1. The van der Waals surface area contributed by atoms with E-state index in [1.54, 1.807) is 0 Å². The Kier molecular flexibility index (Phi) is 2.59. The van der Waals surface area contributed by atoms with E-state index in [0.717, 1.165) is 11.4 Å². The van der Waals surface area contributed by atoms with Crippen molar-refractivity contribution in [2.75, 3.05) is 18.0 Å². The van der Waals surface area contributed by atoms with Crippen molar-refractivity contribution in [1.29, 1.82) is 0 Å². The lowest BCUT2D eigenvalue weighted by Crippen LogP contribution is -2.18. The molecule has 3 nitrogen and oxygen atoms in total. The molecule has 17 heavy (non-hydrogen) atoms.